The van der Waals surface area contributed by atoms with E-state index in [1.807, 2.05) is 18.2 Å². The first-order valence-electron chi connectivity index (χ1n) is 10.8. The summed E-state index contributed by atoms with van der Waals surface area (Å²) in [5.74, 6) is -0.830. The molecule has 1 aliphatic carbocycles. The second-order valence-electron chi connectivity index (χ2n) is 9.01. The Kier molecular flexibility index (Phi) is 5.19. The van der Waals surface area contributed by atoms with E-state index in [0.29, 0.717) is 63.4 Å². The maximum atomic E-state index is 13.2. The van der Waals surface area contributed by atoms with Gasteiger partial charge in [0.1, 0.15) is 5.54 Å². The molecule has 3 heterocycles. The van der Waals surface area contributed by atoms with Crippen molar-refractivity contribution in [3.63, 3.8) is 0 Å². The number of hydrogen-bond donors (Lipinski definition) is 1. The zero-order chi connectivity index (χ0) is 21.6. The van der Waals surface area contributed by atoms with E-state index >= 15 is 0 Å². The molecule has 3 aliphatic heterocycles. The number of benzene rings is 1. The molecular formula is C22H26ClN3O5. The third kappa shape index (κ3) is 3.81. The first-order chi connectivity index (χ1) is 14.9. The van der Waals surface area contributed by atoms with E-state index in [0.717, 1.165) is 5.56 Å². The van der Waals surface area contributed by atoms with Crippen molar-refractivity contribution >= 4 is 29.4 Å². The van der Waals surface area contributed by atoms with E-state index < -0.39 is 11.3 Å². The molecule has 0 bridgehead atoms. The van der Waals surface area contributed by atoms with Crippen LogP contribution in [0.1, 0.15) is 37.7 Å². The van der Waals surface area contributed by atoms with E-state index in [-0.39, 0.29) is 30.3 Å². The van der Waals surface area contributed by atoms with Crippen molar-refractivity contribution in [1.29, 1.82) is 0 Å². The van der Waals surface area contributed by atoms with Crippen molar-refractivity contribution in [3.8, 4) is 0 Å². The van der Waals surface area contributed by atoms with Crippen molar-refractivity contribution in [1.82, 2.24) is 15.1 Å². The van der Waals surface area contributed by atoms with Crippen LogP contribution in [0.3, 0.4) is 0 Å². The molecular weight excluding hydrogens is 422 g/mol. The lowest BCUT2D eigenvalue weighted by Crippen LogP contribution is -2.53. The number of hydrogen-bond acceptors (Lipinski definition) is 5. The fourth-order valence-corrected chi connectivity index (χ4v) is 5.48. The molecule has 3 saturated heterocycles. The van der Waals surface area contributed by atoms with Gasteiger partial charge in [-0.2, -0.15) is 0 Å². The summed E-state index contributed by atoms with van der Waals surface area (Å²) in [6.45, 7) is 2.38. The van der Waals surface area contributed by atoms with Gasteiger partial charge in [-0.25, -0.2) is 4.79 Å². The Labute approximate surface area is 185 Å². The van der Waals surface area contributed by atoms with E-state index in [4.69, 9.17) is 21.1 Å². The van der Waals surface area contributed by atoms with Crippen LogP contribution in [0.25, 0.3) is 0 Å². The van der Waals surface area contributed by atoms with Crippen LogP contribution in [0.5, 0.6) is 0 Å². The van der Waals surface area contributed by atoms with Crippen LogP contribution in [0.15, 0.2) is 24.3 Å². The fourth-order valence-electron chi connectivity index (χ4n) is 5.27. The Morgan fingerprint density at radius 1 is 1.10 bits per heavy atom. The van der Waals surface area contributed by atoms with Gasteiger partial charge in [0.25, 0.3) is 5.91 Å². The quantitative estimate of drug-likeness (QED) is 0.715. The molecule has 4 fully saturated rings. The van der Waals surface area contributed by atoms with Crippen LogP contribution in [-0.2, 0) is 25.6 Å². The first-order valence-corrected chi connectivity index (χ1v) is 11.2. The molecule has 9 heteroatoms. The Hall–Kier alpha value is -2.16. The molecule has 166 valence electrons. The molecule has 0 aromatic heterocycles. The maximum absolute atomic E-state index is 13.2. The highest BCUT2D eigenvalue weighted by atomic mass is 35.5. The minimum absolute atomic E-state index is 0.0295. The highest BCUT2D eigenvalue weighted by Crippen LogP contribution is 2.43. The molecule has 1 aromatic rings. The number of likely N-dealkylation sites (tertiary alicyclic amines) is 1. The average molecular weight is 448 g/mol. The molecule has 1 aromatic carbocycles. The second-order valence-corrected chi connectivity index (χ2v) is 9.45. The summed E-state index contributed by atoms with van der Waals surface area (Å²) in [5.41, 5.74) is 0.0868. The molecule has 1 unspecified atom stereocenters. The molecule has 31 heavy (non-hydrogen) atoms. The summed E-state index contributed by atoms with van der Waals surface area (Å²) < 4.78 is 11.5. The number of nitrogens with one attached hydrogen (secondary N) is 1. The molecule has 1 saturated carbocycles. The molecule has 0 radical (unpaired) electrons. The first kappa shape index (κ1) is 20.7. The largest absolute Gasteiger partial charge is 0.348 e. The number of halogens is 1. The van der Waals surface area contributed by atoms with Crippen LogP contribution >= 0.6 is 11.6 Å². The Morgan fingerprint density at radius 3 is 2.55 bits per heavy atom. The smallest absolute Gasteiger partial charge is 0.325 e. The molecule has 2 spiro atoms. The monoisotopic (exact) mass is 447 g/mol. The Balaban J connectivity index is 1.21. The Bertz CT molecular complexity index is 906. The van der Waals surface area contributed by atoms with Gasteiger partial charge in [-0.05, 0) is 30.5 Å². The standard InChI is InChI=1S/C22H26ClN3O5/c23-17-3-1-2-15(10-17)12-25-13-16(11-18(25)27)14-26-19(28)21(24-20(26)29)4-6-22(7-5-21)30-8-9-31-22/h1-3,10,16H,4-9,11-14H2,(H,24,29). The molecule has 4 amide bonds. The fraction of sp³-hybridized carbons (Fsp3) is 0.591. The molecule has 1 atom stereocenters. The predicted molar refractivity (Wildman–Crippen MR) is 111 cm³/mol. The van der Waals surface area contributed by atoms with Crippen LogP contribution in [0, 0.1) is 5.92 Å². The normalized spacial score (nSPS) is 27.0. The number of rotatable bonds is 4. The lowest BCUT2D eigenvalue weighted by Gasteiger charge is -2.39. The third-order valence-electron chi connectivity index (χ3n) is 6.92. The van der Waals surface area contributed by atoms with Gasteiger partial charge in [0.2, 0.25) is 5.91 Å². The lowest BCUT2D eigenvalue weighted by atomic mass is 9.78. The van der Waals surface area contributed by atoms with Gasteiger partial charge in [0.05, 0.1) is 13.2 Å². The van der Waals surface area contributed by atoms with E-state index in [2.05, 4.69) is 5.32 Å². The highest BCUT2D eigenvalue weighted by molar-refractivity contribution is 6.30. The minimum Gasteiger partial charge on any atom is -0.348 e. The SMILES string of the molecule is O=C1CC(CN2C(=O)NC3(CCC4(CC3)OCCO4)C2=O)CN1Cc1cccc(Cl)c1. The predicted octanol–water partition coefficient (Wildman–Crippen LogP) is 2.30. The van der Waals surface area contributed by atoms with Gasteiger partial charge in [0.15, 0.2) is 5.79 Å². The van der Waals surface area contributed by atoms with Gasteiger partial charge in [-0.15, -0.1) is 0 Å². The number of amides is 4. The van der Waals surface area contributed by atoms with Crippen molar-refractivity contribution in [2.75, 3.05) is 26.3 Å². The number of carbonyl (C=O) groups excluding carboxylic acids is 3. The van der Waals surface area contributed by atoms with Gasteiger partial charge >= 0.3 is 6.03 Å². The van der Waals surface area contributed by atoms with Gasteiger partial charge in [0, 0.05) is 49.8 Å². The van der Waals surface area contributed by atoms with Gasteiger partial charge < -0.3 is 19.7 Å². The summed E-state index contributed by atoms with van der Waals surface area (Å²) in [7, 11) is 0. The van der Waals surface area contributed by atoms with Crippen LogP contribution in [0.2, 0.25) is 5.02 Å². The zero-order valence-corrected chi connectivity index (χ0v) is 18.0. The number of urea groups is 1. The second kappa shape index (κ2) is 7.76. The summed E-state index contributed by atoms with van der Waals surface area (Å²) >= 11 is 6.04. The number of carbonyl (C=O) groups is 3. The van der Waals surface area contributed by atoms with E-state index in [1.165, 1.54) is 4.90 Å². The van der Waals surface area contributed by atoms with Gasteiger partial charge in [-0.1, -0.05) is 23.7 Å². The van der Waals surface area contributed by atoms with E-state index in [1.54, 1.807) is 11.0 Å². The topological polar surface area (TPSA) is 88.2 Å². The zero-order valence-electron chi connectivity index (χ0n) is 17.3. The van der Waals surface area contributed by atoms with Crippen LogP contribution in [-0.4, -0.2) is 65.3 Å². The average Bonchev–Trinajstić information content (AvgIpc) is 3.40. The number of imide groups is 1. The van der Waals surface area contributed by atoms with Gasteiger partial charge in [-0.3, -0.25) is 14.5 Å². The van der Waals surface area contributed by atoms with Crippen molar-refractivity contribution in [2.24, 2.45) is 5.92 Å². The minimum atomic E-state index is -0.874. The van der Waals surface area contributed by atoms with Crippen molar-refractivity contribution in [2.45, 2.75) is 50.0 Å². The third-order valence-corrected chi connectivity index (χ3v) is 7.16. The molecule has 5 rings (SSSR count). The molecule has 8 nitrogen and oxygen atoms in total. The number of nitrogens with zero attached hydrogens (tertiary/aromatic N) is 2. The van der Waals surface area contributed by atoms with Crippen molar-refractivity contribution in [3.05, 3.63) is 34.9 Å². The molecule has 4 aliphatic rings. The lowest BCUT2D eigenvalue weighted by molar-refractivity contribution is -0.186. The summed E-state index contributed by atoms with van der Waals surface area (Å²) in [4.78, 5) is 41.5. The summed E-state index contributed by atoms with van der Waals surface area (Å²) in [5, 5.41) is 3.56. The summed E-state index contributed by atoms with van der Waals surface area (Å²) in [6, 6.07) is 7.07. The maximum Gasteiger partial charge on any atom is 0.325 e. The number of ether oxygens (including phenoxy) is 2. The molecule has 1 N–H and O–H groups in total. The van der Waals surface area contributed by atoms with Crippen LogP contribution < -0.4 is 5.32 Å². The van der Waals surface area contributed by atoms with Crippen LogP contribution in [0.4, 0.5) is 4.79 Å². The summed E-state index contributed by atoms with van der Waals surface area (Å²) in [6.07, 6.45) is 2.50. The van der Waals surface area contributed by atoms with Crippen molar-refractivity contribution < 1.29 is 23.9 Å². The Morgan fingerprint density at radius 2 is 1.84 bits per heavy atom. The highest BCUT2D eigenvalue weighted by Gasteiger charge is 2.56. The van der Waals surface area contributed by atoms with E-state index in [9.17, 15) is 14.4 Å².